The minimum atomic E-state index is -0.856. The van der Waals surface area contributed by atoms with E-state index in [-0.39, 0.29) is 12.6 Å². The average Bonchev–Trinajstić information content (AvgIpc) is 3.11. The van der Waals surface area contributed by atoms with Crippen molar-refractivity contribution in [2.24, 2.45) is 5.41 Å². The summed E-state index contributed by atoms with van der Waals surface area (Å²) >= 11 is 1.63. The molecule has 7 heteroatoms. The lowest BCUT2D eigenvalue weighted by molar-refractivity contribution is -0.146. The van der Waals surface area contributed by atoms with E-state index < -0.39 is 11.4 Å². The number of thiazole rings is 1. The molecule has 2 heterocycles. The van der Waals surface area contributed by atoms with E-state index in [0.717, 1.165) is 15.2 Å². The normalized spacial score (nSPS) is 20.8. The summed E-state index contributed by atoms with van der Waals surface area (Å²) < 4.78 is 1.04. The Morgan fingerprint density at radius 1 is 1.42 bits per heavy atom. The molecule has 24 heavy (non-hydrogen) atoms. The first kappa shape index (κ1) is 16.7. The Kier molecular flexibility index (Phi) is 4.21. The number of fused-ring (bicyclic) bond motifs is 1. The zero-order valence-electron chi connectivity index (χ0n) is 14.0. The average molecular weight is 347 g/mol. The van der Waals surface area contributed by atoms with Crippen LogP contribution in [0.2, 0.25) is 0 Å². The molecule has 2 aromatic rings. The Bertz CT molecular complexity index is 801. The molecule has 0 radical (unpaired) electrons. The summed E-state index contributed by atoms with van der Waals surface area (Å²) in [6, 6.07) is 5.39. The fourth-order valence-electron chi connectivity index (χ4n) is 2.78. The lowest BCUT2D eigenvalue weighted by Gasteiger charge is -2.20. The number of hydrogen-bond acceptors (Lipinski definition) is 4. The molecule has 6 nitrogen and oxygen atoms in total. The summed E-state index contributed by atoms with van der Waals surface area (Å²) in [6.45, 7) is 6.57. The number of likely N-dealkylation sites (tertiary alicyclic amines) is 1. The Morgan fingerprint density at radius 3 is 2.79 bits per heavy atom. The number of urea groups is 1. The van der Waals surface area contributed by atoms with Gasteiger partial charge in [0, 0.05) is 24.7 Å². The first-order valence-electron chi connectivity index (χ1n) is 7.98. The largest absolute Gasteiger partial charge is 0.481 e. The number of nitrogens with one attached hydrogen (secondary N) is 1. The number of carbonyl (C=O) groups is 2. The van der Waals surface area contributed by atoms with Gasteiger partial charge in [0.1, 0.15) is 0 Å². The van der Waals surface area contributed by atoms with Gasteiger partial charge >= 0.3 is 12.0 Å². The van der Waals surface area contributed by atoms with E-state index >= 15 is 0 Å². The van der Waals surface area contributed by atoms with Gasteiger partial charge < -0.3 is 15.3 Å². The van der Waals surface area contributed by atoms with Crippen molar-refractivity contribution in [2.45, 2.75) is 33.1 Å². The molecule has 3 rings (SSSR count). The number of rotatable bonds is 3. The van der Waals surface area contributed by atoms with Crippen molar-refractivity contribution in [1.29, 1.82) is 0 Å². The maximum atomic E-state index is 12.4. The minimum Gasteiger partial charge on any atom is -0.481 e. The third-order valence-corrected chi connectivity index (χ3v) is 5.75. The van der Waals surface area contributed by atoms with Crippen molar-refractivity contribution in [3.8, 4) is 0 Å². The van der Waals surface area contributed by atoms with E-state index in [1.807, 2.05) is 18.2 Å². The minimum absolute atomic E-state index is 0.231. The fourth-order valence-corrected chi connectivity index (χ4v) is 3.79. The molecular formula is C17H21N3O3S. The van der Waals surface area contributed by atoms with Gasteiger partial charge in [-0.25, -0.2) is 9.78 Å². The van der Waals surface area contributed by atoms with Crippen LogP contribution in [0.15, 0.2) is 18.2 Å². The highest BCUT2D eigenvalue weighted by atomic mass is 32.1. The number of benzene rings is 1. The molecule has 128 valence electrons. The molecule has 1 saturated heterocycles. The van der Waals surface area contributed by atoms with Crippen LogP contribution >= 0.6 is 11.3 Å². The van der Waals surface area contributed by atoms with E-state index in [9.17, 15) is 14.7 Å². The maximum Gasteiger partial charge on any atom is 0.321 e. The number of nitrogens with zero attached hydrogens (tertiary/aromatic N) is 2. The zero-order valence-corrected chi connectivity index (χ0v) is 14.8. The molecule has 0 aliphatic carbocycles. The Balaban J connectivity index is 1.73. The van der Waals surface area contributed by atoms with Gasteiger partial charge in [-0.3, -0.25) is 4.79 Å². The summed E-state index contributed by atoms with van der Waals surface area (Å²) in [7, 11) is 0. The number of anilines is 1. The molecule has 0 saturated carbocycles. The fraction of sp³-hybridized carbons (Fsp3) is 0.471. The summed E-state index contributed by atoms with van der Waals surface area (Å²) in [5, 5.41) is 13.2. The summed E-state index contributed by atoms with van der Waals surface area (Å²) in [5.74, 6) is -0.483. The molecule has 0 spiro atoms. The van der Waals surface area contributed by atoms with Crippen LogP contribution in [0.1, 0.15) is 38.1 Å². The number of carboxylic acids is 1. The number of carbonyl (C=O) groups excluding carboxylic acids is 1. The maximum absolute atomic E-state index is 12.4. The number of carboxylic acid groups (broad SMARTS) is 1. The third-order valence-electron chi connectivity index (χ3n) is 4.43. The van der Waals surface area contributed by atoms with Crippen LogP contribution in [0, 0.1) is 5.41 Å². The molecule has 1 aliphatic heterocycles. The predicted molar refractivity (Wildman–Crippen MR) is 94.7 cm³/mol. The summed E-state index contributed by atoms with van der Waals surface area (Å²) in [4.78, 5) is 29.8. The quantitative estimate of drug-likeness (QED) is 0.886. The molecule has 1 atom stereocenters. The Hall–Kier alpha value is -2.15. The molecular weight excluding hydrogens is 326 g/mol. The molecule has 2 N–H and O–H groups in total. The zero-order chi connectivity index (χ0) is 17.5. The van der Waals surface area contributed by atoms with E-state index in [2.05, 4.69) is 24.1 Å². The van der Waals surface area contributed by atoms with Gasteiger partial charge in [-0.1, -0.05) is 13.8 Å². The van der Waals surface area contributed by atoms with Crippen molar-refractivity contribution in [2.75, 3.05) is 18.4 Å². The smallest absolute Gasteiger partial charge is 0.321 e. The molecule has 2 amide bonds. The van der Waals surface area contributed by atoms with Crippen LogP contribution in [0.25, 0.3) is 10.2 Å². The van der Waals surface area contributed by atoms with Gasteiger partial charge in [-0.2, -0.15) is 0 Å². The van der Waals surface area contributed by atoms with Gasteiger partial charge in [-0.05, 0) is 31.5 Å². The van der Waals surface area contributed by atoms with Crippen LogP contribution in [0.5, 0.6) is 0 Å². The molecule has 1 unspecified atom stereocenters. The van der Waals surface area contributed by atoms with Gasteiger partial charge in [0.2, 0.25) is 0 Å². The SMILES string of the molecule is CC(C)c1nc2ccc(NC(=O)N3CCC(C)(C(=O)O)C3)cc2s1. The topological polar surface area (TPSA) is 82.5 Å². The second-order valence-corrected chi connectivity index (χ2v) is 7.92. The molecule has 1 aromatic carbocycles. The van der Waals surface area contributed by atoms with Gasteiger partial charge in [-0.15, -0.1) is 11.3 Å². The van der Waals surface area contributed by atoms with Crippen molar-refractivity contribution < 1.29 is 14.7 Å². The number of amides is 2. The van der Waals surface area contributed by atoms with E-state index in [1.54, 1.807) is 23.2 Å². The van der Waals surface area contributed by atoms with Crippen molar-refractivity contribution in [3.63, 3.8) is 0 Å². The van der Waals surface area contributed by atoms with Crippen molar-refractivity contribution in [1.82, 2.24) is 9.88 Å². The molecule has 1 aromatic heterocycles. The molecule has 1 fully saturated rings. The second-order valence-electron chi connectivity index (χ2n) is 6.86. The Morgan fingerprint density at radius 2 is 2.17 bits per heavy atom. The van der Waals surface area contributed by atoms with Gasteiger partial charge in [0.15, 0.2) is 0 Å². The van der Waals surface area contributed by atoms with E-state index in [1.165, 1.54) is 0 Å². The van der Waals surface area contributed by atoms with E-state index in [4.69, 9.17) is 0 Å². The summed E-state index contributed by atoms with van der Waals surface area (Å²) in [6.07, 6.45) is 0.474. The summed E-state index contributed by atoms with van der Waals surface area (Å²) in [5.41, 5.74) is 0.780. The van der Waals surface area contributed by atoms with Crippen LogP contribution in [0.3, 0.4) is 0 Å². The molecule has 1 aliphatic rings. The predicted octanol–water partition coefficient (Wildman–Crippen LogP) is 3.75. The van der Waals surface area contributed by atoms with Gasteiger partial charge in [0.25, 0.3) is 0 Å². The second kappa shape index (κ2) is 6.05. The van der Waals surface area contributed by atoms with Crippen molar-refractivity contribution >= 4 is 39.2 Å². The number of hydrogen-bond donors (Lipinski definition) is 2. The van der Waals surface area contributed by atoms with Crippen LogP contribution < -0.4 is 5.32 Å². The Labute approximate surface area is 144 Å². The number of aromatic nitrogens is 1. The van der Waals surface area contributed by atoms with Crippen LogP contribution in [-0.4, -0.2) is 40.1 Å². The highest BCUT2D eigenvalue weighted by Crippen LogP contribution is 2.32. The first-order valence-corrected chi connectivity index (χ1v) is 8.80. The molecule has 0 bridgehead atoms. The third kappa shape index (κ3) is 3.08. The first-order chi connectivity index (χ1) is 11.3. The van der Waals surface area contributed by atoms with Crippen molar-refractivity contribution in [3.05, 3.63) is 23.2 Å². The lowest BCUT2D eigenvalue weighted by atomic mass is 9.90. The van der Waals surface area contributed by atoms with Crippen LogP contribution in [-0.2, 0) is 4.79 Å². The highest BCUT2D eigenvalue weighted by molar-refractivity contribution is 7.18. The number of aliphatic carboxylic acids is 1. The lowest BCUT2D eigenvalue weighted by Crippen LogP contribution is -2.37. The van der Waals surface area contributed by atoms with Crippen LogP contribution in [0.4, 0.5) is 10.5 Å². The van der Waals surface area contributed by atoms with Gasteiger partial charge in [0.05, 0.1) is 20.6 Å². The standard InChI is InChI=1S/C17H21N3O3S/c1-10(2)14-19-12-5-4-11(8-13(12)24-14)18-16(23)20-7-6-17(3,9-20)15(21)22/h4-5,8,10H,6-7,9H2,1-3H3,(H,18,23)(H,21,22). The highest BCUT2D eigenvalue weighted by Gasteiger charge is 2.42. The monoisotopic (exact) mass is 347 g/mol. The van der Waals surface area contributed by atoms with E-state index in [0.29, 0.717) is 24.6 Å².